The van der Waals surface area contributed by atoms with Crippen LogP contribution in [0, 0.1) is 0 Å². The molecule has 16 heavy (non-hydrogen) atoms. The van der Waals surface area contributed by atoms with Gasteiger partial charge in [0, 0.05) is 12.7 Å². The summed E-state index contributed by atoms with van der Waals surface area (Å²) in [5, 5.41) is 0.293. The molecule has 0 aliphatic rings. The van der Waals surface area contributed by atoms with Gasteiger partial charge < -0.3 is 9.30 Å². The molecule has 0 saturated heterocycles. The number of rotatable bonds is 2. The van der Waals surface area contributed by atoms with E-state index in [0.717, 1.165) is 12.1 Å². The van der Waals surface area contributed by atoms with Crippen LogP contribution in [0.4, 0.5) is 0 Å². The molecule has 0 amide bonds. The van der Waals surface area contributed by atoms with Gasteiger partial charge in [-0.1, -0.05) is 11.6 Å². The third-order valence-corrected chi connectivity index (χ3v) is 2.63. The number of aromatic nitrogens is 2. The normalized spacial score (nSPS) is 10.7. The first-order valence-electron chi connectivity index (χ1n) is 4.91. The number of carbonyl (C=O) groups is 1. The summed E-state index contributed by atoms with van der Waals surface area (Å²) in [5.41, 5.74) is 1.91. The van der Waals surface area contributed by atoms with Crippen molar-refractivity contribution < 1.29 is 9.53 Å². The first-order chi connectivity index (χ1) is 7.67. The minimum atomic E-state index is -0.400. The van der Waals surface area contributed by atoms with Gasteiger partial charge in [0.2, 0.25) is 0 Å². The lowest BCUT2D eigenvalue weighted by Crippen LogP contribution is -2.06. The molecular weight excluding hydrogens is 228 g/mol. The Labute approximate surface area is 97.8 Å². The molecule has 2 rings (SSSR count). The predicted octanol–water partition coefficient (Wildman–Crippen LogP) is 2.50. The summed E-state index contributed by atoms with van der Waals surface area (Å²) in [6.45, 7) is 2.76. The van der Waals surface area contributed by atoms with Crippen molar-refractivity contribution in [3.05, 3.63) is 29.0 Å². The Balaban J connectivity index is 2.77. The number of esters is 1. The number of halogens is 1. The summed E-state index contributed by atoms with van der Waals surface area (Å²) in [5.74, 6) is -0.400. The molecule has 84 valence electrons. The molecule has 0 aliphatic carbocycles. The molecular formula is C11H11ClN2O2. The Hall–Kier alpha value is -1.55. The lowest BCUT2D eigenvalue weighted by atomic mass is 10.2. The van der Waals surface area contributed by atoms with Gasteiger partial charge in [-0.3, -0.25) is 0 Å². The van der Waals surface area contributed by atoms with Gasteiger partial charge in [0.05, 0.1) is 23.7 Å². The Morgan fingerprint density at radius 3 is 3.00 bits per heavy atom. The topological polar surface area (TPSA) is 44.1 Å². The van der Waals surface area contributed by atoms with E-state index >= 15 is 0 Å². The van der Waals surface area contributed by atoms with Crippen molar-refractivity contribution in [2.45, 2.75) is 13.5 Å². The minimum absolute atomic E-state index is 0.293. The fraction of sp³-hybridized carbons (Fsp3) is 0.273. The number of hydrogen-bond acceptors (Lipinski definition) is 3. The van der Waals surface area contributed by atoms with Crippen molar-refractivity contribution in [1.82, 2.24) is 9.55 Å². The zero-order chi connectivity index (χ0) is 11.7. The molecule has 0 bridgehead atoms. The van der Waals surface area contributed by atoms with E-state index in [0.29, 0.717) is 16.2 Å². The van der Waals surface area contributed by atoms with E-state index in [9.17, 15) is 4.79 Å². The lowest BCUT2D eigenvalue weighted by Gasteiger charge is -2.06. The number of fused-ring (bicyclic) bond motifs is 1. The quantitative estimate of drug-likeness (QED) is 0.596. The standard InChI is InChI=1S/C11H11ClN2O2/c1-3-14-5-4-8-10(14)7(11(15)16-2)6-9(12)13-8/h4-6H,3H2,1-2H3. The summed E-state index contributed by atoms with van der Waals surface area (Å²) < 4.78 is 6.66. The average Bonchev–Trinajstić information content (AvgIpc) is 2.69. The Kier molecular flexibility index (Phi) is 2.83. The summed E-state index contributed by atoms with van der Waals surface area (Å²) in [4.78, 5) is 15.8. The molecule has 0 spiro atoms. The maximum atomic E-state index is 11.6. The highest BCUT2D eigenvalue weighted by molar-refractivity contribution is 6.30. The second-order valence-electron chi connectivity index (χ2n) is 3.32. The fourth-order valence-electron chi connectivity index (χ4n) is 1.71. The summed E-state index contributed by atoms with van der Waals surface area (Å²) >= 11 is 5.85. The molecule has 4 nitrogen and oxygen atoms in total. The van der Waals surface area contributed by atoms with E-state index in [2.05, 4.69) is 4.98 Å². The molecule has 0 saturated carbocycles. The van der Waals surface area contributed by atoms with E-state index in [1.54, 1.807) is 0 Å². The van der Waals surface area contributed by atoms with Gasteiger partial charge in [-0.05, 0) is 19.1 Å². The number of ether oxygens (including phenoxy) is 1. The van der Waals surface area contributed by atoms with Crippen LogP contribution in [0.2, 0.25) is 5.15 Å². The van der Waals surface area contributed by atoms with Gasteiger partial charge in [0.25, 0.3) is 0 Å². The Morgan fingerprint density at radius 2 is 2.38 bits per heavy atom. The zero-order valence-electron chi connectivity index (χ0n) is 9.03. The third kappa shape index (κ3) is 1.65. The lowest BCUT2D eigenvalue weighted by molar-refractivity contribution is 0.0602. The van der Waals surface area contributed by atoms with Gasteiger partial charge in [0.1, 0.15) is 5.15 Å². The van der Waals surface area contributed by atoms with E-state index in [4.69, 9.17) is 16.3 Å². The first-order valence-corrected chi connectivity index (χ1v) is 5.29. The van der Waals surface area contributed by atoms with Gasteiger partial charge >= 0.3 is 5.97 Å². The molecule has 0 aromatic carbocycles. The number of aryl methyl sites for hydroxylation is 1. The van der Waals surface area contributed by atoms with E-state index in [1.807, 2.05) is 23.8 Å². The van der Waals surface area contributed by atoms with Gasteiger partial charge in [-0.25, -0.2) is 9.78 Å². The zero-order valence-corrected chi connectivity index (χ0v) is 9.78. The summed E-state index contributed by atoms with van der Waals surface area (Å²) in [6, 6.07) is 3.36. The Bertz CT molecular complexity index is 548. The van der Waals surface area contributed by atoms with Crippen molar-refractivity contribution in [3.63, 3.8) is 0 Å². The molecule has 0 N–H and O–H groups in total. The van der Waals surface area contributed by atoms with Crippen LogP contribution < -0.4 is 0 Å². The molecule has 2 heterocycles. The van der Waals surface area contributed by atoms with E-state index in [-0.39, 0.29) is 0 Å². The minimum Gasteiger partial charge on any atom is -0.465 e. The second kappa shape index (κ2) is 4.14. The van der Waals surface area contributed by atoms with Crippen LogP contribution in [0.25, 0.3) is 11.0 Å². The van der Waals surface area contributed by atoms with Crippen LogP contribution in [0.5, 0.6) is 0 Å². The van der Waals surface area contributed by atoms with Crippen molar-refractivity contribution in [2.75, 3.05) is 7.11 Å². The fourth-order valence-corrected chi connectivity index (χ4v) is 1.91. The van der Waals surface area contributed by atoms with Gasteiger partial charge in [-0.15, -0.1) is 0 Å². The predicted molar refractivity (Wildman–Crippen MR) is 61.8 cm³/mol. The van der Waals surface area contributed by atoms with Crippen molar-refractivity contribution in [1.29, 1.82) is 0 Å². The number of pyridine rings is 1. The molecule has 0 aliphatic heterocycles. The molecule has 2 aromatic heterocycles. The van der Waals surface area contributed by atoms with Gasteiger partial charge in [-0.2, -0.15) is 0 Å². The highest BCUT2D eigenvalue weighted by Gasteiger charge is 2.15. The van der Waals surface area contributed by atoms with Crippen LogP contribution in [0.15, 0.2) is 18.3 Å². The molecule has 0 unspecified atom stereocenters. The van der Waals surface area contributed by atoms with E-state index < -0.39 is 5.97 Å². The number of hydrogen-bond donors (Lipinski definition) is 0. The monoisotopic (exact) mass is 238 g/mol. The summed E-state index contributed by atoms with van der Waals surface area (Å²) in [6.07, 6.45) is 1.88. The van der Waals surface area contributed by atoms with Crippen LogP contribution in [0.1, 0.15) is 17.3 Å². The molecule has 2 aromatic rings. The molecule has 0 atom stereocenters. The average molecular weight is 239 g/mol. The highest BCUT2D eigenvalue weighted by Crippen LogP contribution is 2.22. The van der Waals surface area contributed by atoms with Crippen LogP contribution in [0.3, 0.4) is 0 Å². The second-order valence-corrected chi connectivity index (χ2v) is 3.71. The van der Waals surface area contributed by atoms with Crippen molar-refractivity contribution >= 4 is 28.6 Å². The van der Waals surface area contributed by atoms with E-state index in [1.165, 1.54) is 13.2 Å². The summed E-state index contributed by atoms with van der Waals surface area (Å²) in [7, 11) is 1.35. The van der Waals surface area contributed by atoms with Crippen LogP contribution in [-0.4, -0.2) is 22.6 Å². The largest absolute Gasteiger partial charge is 0.465 e. The van der Waals surface area contributed by atoms with Crippen molar-refractivity contribution in [3.8, 4) is 0 Å². The third-order valence-electron chi connectivity index (χ3n) is 2.43. The first kappa shape index (κ1) is 11.0. The smallest absolute Gasteiger partial charge is 0.340 e. The molecule has 0 radical (unpaired) electrons. The number of nitrogens with zero attached hydrogens (tertiary/aromatic N) is 2. The number of methoxy groups -OCH3 is 1. The van der Waals surface area contributed by atoms with Crippen LogP contribution in [-0.2, 0) is 11.3 Å². The van der Waals surface area contributed by atoms with Crippen LogP contribution >= 0.6 is 11.6 Å². The molecule has 0 fully saturated rings. The highest BCUT2D eigenvalue weighted by atomic mass is 35.5. The maximum absolute atomic E-state index is 11.6. The maximum Gasteiger partial charge on any atom is 0.340 e. The number of carbonyl (C=O) groups excluding carboxylic acids is 1. The molecule has 5 heteroatoms. The Morgan fingerprint density at radius 1 is 1.62 bits per heavy atom. The van der Waals surface area contributed by atoms with Gasteiger partial charge in [0.15, 0.2) is 0 Å². The SMILES string of the molecule is CCn1ccc2nc(Cl)cc(C(=O)OC)c21. The van der Waals surface area contributed by atoms with Crippen molar-refractivity contribution in [2.24, 2.45) is 0 Å².